The first-order valence-corrected chi connectivity index (χ1v) is 9.45. The second kappa shape index (κ2) is 7.26. The number of carbonyl (C=O) groups excluding carboxylic acids is 2. The van der Waals surface area contributed by atoms with Crippen LogP contribution in [0.2, 0.25) is 0 Å². The predicted octanol–water partition coefficient (Wildman–Crippen LogP) is 5.44. The third-order valence-corrected chi connectivity index (χ3v) is 4.10. The van der Waals surface area contributed by atoms with Gasteiger partial charge in [-0.2, -0.15) is 5.01 Å². The van der Waals surface area contributed by atoms with Crippen molar-refractivity contribution in [3.63, 3.8) is 0 Å². The van der Waals surface area contributed by atoms with E-state index in [4.69, 9.17) is 9.47 Å². The van der Waals surface area contributed by atoms with Crippen molar-refractivity contribution in [3.8, 4) is 0 Å². The minimum absolute atomic E-state index is 0.438. The molecular weight excluding hydrogens is 363 g/mol. The van der Waals surface area contributed by atoms with Gasteiger partial charge in [-0.25, -0.2) is 19.4 Å². The van der Waals surface area contributed by atoms with Gasteiger partial charge in [-0.3, -0.25) is 0 Å². The molecule has 1 saturated carbocycles. The number of nitrogens with zero attached hydrogens (tertiary/aromatic N) is 1. The van der Waals surface area contributed by atoms with E-state index in [1.807, 2.05) is 0 Å². The number of anilines is 1. The lowest BCUT2D eigenvalue weighted by molar-refractivity contribution is 0.0425. The molecule has 0 heterocycles. The number of carbonyl (C=O) groups is 2. The summed E-state index contributed by atoms with van der Waals surface area (Å²) >= 11 is 0. The molecule has 1 N–H and O–H groups in total. The summed E-state index contributed by atoms with van der Waals surface area (Å²) in [6.45, 7) is 13.9. The maximum Gasteiger partial charge on any atom is 0.434 e. The van der Waals surface area contributed by atoms with Crippen LogP contribution in [-0.2, 0) is 15.1 Å². The number of alkyl halides is 1. The van der Waals surface area contributed by atoms with E-state index in [1.165, 1.54) is 0 Å². The fraction of sp³-hybridized carbons (Fsp3) is 0.619. The highest BCUT2D eigenvalue weighted by Gasteiger charge is 2.45. The highest BCUT2D eigenvalue weighted by molar-refractivity contribution is 5.92. The van der Waals surface area contributed by atoms with E-state index in [0.29, 0.717) is 35.2 Å². The van der Waals surface area contributed by atoms with Gasteiger partial charge in [-0.15, -0.1) is 0 Å². The van der Waals surface area contributed by atoms with Crippen LogP contribution in [0.1, 0.15) is 71.1 Å². The number of halogens is 1. The first-order valence-electron chi connectivity index (χ1n) is 9.45. The van der Waals surface area contributed by atoms with Gasteiger partial charge in [-0.05, 0) is 84.9 Å². The van der Waals surface area contributed by atoms with Crippen LogP contribution in [0.25, 0.3) is 0 Å². The molecule has 28 heavy (non-hydrogen) atoms. The molecule has 0 unspecified atom stereocenters. The SMILES string of the molecule is Cc1cc(C2(F)CC2)cc(C)c1N(NC(=O)OC(C)(C)C)C(=O)OC(C)(C)C. The maximum absolute atomic E-state index is 14.5. The molecule has 0 saturated heterocycles. The molecule has 2 amide bonds. The molecule has 1 fully saturated rings. The van der Waals surface area contributed by atoms with Crippen molar-refractivity contribution in [2.75, 3.05) is 5.01 Å². The highest BCUT2D eigenvalue weighted by atomic mass is 19.1. The Hall–Kier alpha value is -2.31. The van der Waals surface area contributed by atoms with Gasteiger partial charge in [0.15, 0.2) is 0 Å². The molecular formula is C21H31FN2O4. The van der Waals surface area contributed by atoms with Crippen LogP contribution in [0.3, 0.4) is 0 Å². The van der Waals surface area contributed by atoms with Crippen LogP contribution in [0.5, 0.6) is 0 Å². The number of nitrogens with one attached hydrogen (secondary N) is 1. The Balaban J connectivity index is 2.40. The monoisotopic (exact) mass is 394 g/mol. The molecule has 1 aliphatic rings. The Labute approximate surface area is 166 Å². The van der Waals surface area contributed by atoms with Crippen LogP contribution < -0.4 is 10.4 Å². The molecule has 0 spiro atoms. The van der Waals surface area contributed by atoms with Gasteiger partial charge in [0.05, 0.1) is 5.69 Å². The predicted molar refractivity (Wildman–Crippen MR) is 106 cm³/mol. The molecule has 0 bridgehead atoms. The van der Waals surface area contributed by atoms with Crippen molar-refractivity contribution in [1.29, 1.82) is 0 Å². The summed E-state index contributed by atoms with van der Waals surface area (Å²) in [5.74, 6) is 0. The maximum atomic E-state index is 14.5. The highest BCUT2D eigenvalue weighted by Crippen LogP contribution is 2.50. The van der Waals surface area contributed by atoms with Crippen molar-refractivity contribution in [2.45, 2.75) is 85.1 Å². The molecule has 1 aromatic rings. The molecule has 7 heteroatoms. The zero-order chi connectivity index (χ0) is 21.5. The second-order valence-corrected chi connectivity index (χ2v) is 9.35. The molecule has 0 radical (unpaired) electrons. The van der Waals surface area contributed by atoms with E-state index in [0.717, 1.165) is 5.01 Å². The number of ether oxygens (including phenoxy) is 2. The lowest BCUT2D eigenvalue weighted by Crippen LogP contribution is -2.50. The third-order valence-electron chi connectivity index (χ3n) is 4.10. The number of benzene rings is 1. The summed E-state index contributed by atoms with van der Waals surface area (Å²) in [5, 5.41) is 1.03. The van der Waals surface area contributed by atoms with Gasteiger partial charge in [0.25, 0.3) is 0 Å². The summed E-state index contributed by atoms with van der Waals surface area (Å²) in [7, 11) is 0. The van der Waals surface area contributed by atoms with Crippen molar-refractivity contribution < 1.29 is 23.5 Å². The Kier molecular flexibility index (Phi) is 5.70. The summed E-state index contributed by atoms with van der Waals surface area (Å²) in [4.78, 5) is 25.1. The number of hydrogen-bond donors (Lipinski definition) is 1. The lowest BCUT2D eigenvalue weighted by atomic mass is 10.00. The molecule has 0 aliphatic heterocycles. The quantitative estimate of drug-likeness (QED) is 0.678. The lowest BCUT2D eigenvalue weighted by Gasteiger charge is -2.30. The molecule has 2 rings (SSSR count). The van der Waals surface area contributed by atoms with Crippen molar-refractivity contribution in [1.82, 2.24) is 5.43 Å². The van der Waals surface area contributed by atoms with Gasteiger partial charge in [-0.1, -0.05) is 12.1 Å². The van der Waals surface area contributed by atoms with Gasteiger partial charge in [0.1, 0.15) is 16.9 Å². The van der Waals surface area contributed by atoms with E-state index in [-0.39, 0.29) is 0 Å². The first-order chi connectivity index (χ1) is 12.6. The number of amides is 2. The van der Waals surface area contributed by atoms with Crippen LogP contribution in [0, 0.1) is 13.8 Å². The Morgan fingerprint density at radius 2 is 1.46 bits per heavy atom. The average molecular weight is 394 g/mol. The van der Waals surface area contributed by atoms with E-state index in [2.05, 4.69) is 5.43 Å². The Bertz CT molecular complexity index is 751. The Morgan fingerprint density at radius 3 is 1.86 bits per heavy atom. The second-order valence-electron chi connectivity index (χ2n) is 9.35. The minimum Gasteiger partial charge on any atom is -0.443 e. The number of aryl methyl sites for hydroxylation is 2. The van der Waals surface area contributed by atoms with E-state index in [1.54, 1.807) is 67.5 Å². The van der Waals surface area contributed by atoms with E-state index < -0.39 is 29.1 Å². The molecule has 1 aliphatic carbocycles. The fourth-order valence-electron chi connectivity index (χ4n) is 2.86. The summed E-state index contributed by atoms with van der Waals surface area (Å²) in [5.41, 5.74) is 2.03. The zero-order valence-corrected chi connectivity index (χ0v) is 18.0. The van der Waals surface area contributed by atoms with E-state index in [9.17, 15) is 14.0 Å². The number of hydrogen-bond acceptors (Lipinski definition) is 4. The number of hydrazine groups is 1. The normalized spacial score (nSPS) is 15.6. The molecule has 6 nitrogen and oxygen atoms in total. The largest absolute Gasteiger partial charge is 0.443 e. The number of rotatable bonds is 2. The van der Waals surface area contributed by atoms with Gasteiger partial charge < -0.3 is 9.47 Å². The first kappa shape index (κ1) is 22.0. The molecule has 0 aromatic heterocycles. The van der Waals surface area contributed by atoms with Crippen LogP contribution >= 0.6 is 0 Å². The molecule has 1 aromatic carbocycles. The third kappa shape index (κ3) is 5.59. The zero-order valence-electron chi connectivity index (χ0n) is 18.0. The van der Waals surface area contributed by atoms with Crippen molar-refractivity contribution in [2.24, 2.45) is 0 Å². The van der Waals surface area contributed by atoms with Gasteiger partial charge in [0.2, 0.25) is 0 Å². The molecule has 156 valence electrons. The summed E-state index contributed by atoms with van der Waals surface area (Å²) in [6, 6.07) is 3.42. The standard InChI is InChI=1S/C21H31FN2O4/c1-13-11-15(21(22)9-10-21)12-14(2)16(13)24(18(26)28-20(6,7)8)23-17(25)27-19(3,4)5/h11-12H,9-10H2,1-8H3,(H,23,25). The van der Waals surface area contributed by atoms with Crippen LogP contribution in [0.15, 0.2) is 12.1 Å². The minimum atomic E-state index is -1.29. The summed E-state index contributed by atoms with van der Waals surface area (Å²) in [6.07, 6.45) is -0.544. The van der Waals surface area contributed by atoms with Crippen molar-refractivity contribution in [3.05, 3.63) is 28.8 Å². The van der Waals surface area contributed by atoms with Crippen LogP contribution in [-0.4, -0.2) is 23.4 Å². The van der Waals surface area contributed by atoms with Crippen molar-refractivity contribution >= 4 is 17.9 Å². The summed E-state index contributed by atoms with van der Waals surface area (Å²) < 4.78 is 25.2. The molecule has 0 atom stereocenters. The topological polar surface area (TPSA) is 67.9 Å². The van der Waals surface area contributed by atoms with Gasteiger partial charge in [0, 0.05) is 0 Å². The average Bonchev–Trinajstić information content (AvgIpc) is 3.20. The van der Waals surface area contributed by atoms with Gasteiger partial charge >= 0.3 is 12.2 Å². The Morgan fingerprint density at radius 1 is 1.00 bits per heavy atom. The van der Waals surface area contributed by atoms with Crippen LogP contribution in [0.4, 0.5) is 19.7 Å². The fourth-order valence-corrected chi connectivity index (χ4v) is 2.86. The smallest absolute Gasteiger partial charge is 0.434 e. The van der Waals surface area contributed by atoms with E-state index >= 15 is 0 Å².